The average molecular weight is 280 g/mol. The zero-order valence-corrected chi connectivity index (χ0v) is 12.0. The first kappa shape index (κ1) is 14.2. The van der Waals surface area contributed by atoms with Crippen LogP contribution in [0.3, 0.4) is 0 Å². The topological polar surface area (TPSA) is 20.2 Å². The number of rotatable bonds is 2. The van der Waals surface area contributed by atoms with E-state index in [1.54, 1.807) is 6.07 Å². The standard InChI is InChI=1S/C18H14O.H2S/c19-17-13-7-12-16(14-8-3-1-4-9-14)18(17)15-10-5-2-6-11-15;/h1-13,19H;1H2. The summed E-state index contributed by atoms with van der Waals surface area (Å²) in [5.74, 6) is 0.313. The number of phenolic OH excluding ortho intramolecular Hbond substituents is 1. The molecule has 0 radical (unpaired) electrons. The van der Waals surface area contributed by atoms with Crippen LogP contribution in [0.15, 0.2) is 78.9 Å². The van der Waals surface area contributed by atoms with Gasteiger partial charge in [0.25, 0.3) is 0 Å². The lowest BCUT2D eigenvalue weighted by atomic mass is 9.94. The molecular weight excluding hydrogens is 264 g/mol. The highest BCUT2D eigenvalue weighted by Gasteiger charge is 2.10. The number of benzene rings is 3. The molecule has 0 bridgehead atoms. The minimum Gasteiger partial charge on any atom is -0.507 e. The zero-order valence-electron chi connectivity index (χ0n) is 11.0. The molecule has 0 spiro atoms. The second kappa shape index (κ2) is 6.31. The highest BCUT2D eigenvalue weighted by atomic mass is 32.1. The molecule has 100 valence electrons. The summed E-state index contributed by atoms with van der Waals surface area (Å²) in [6, 6.07) is 25.7. The molecule has 0 atom stereocenters. The van der Waals surface area contributed by atoms with Gasteiger partial charge in [-0.3, -0.25) is 0 Å². The third kappa shape index (κ3) is 2.70. The summed E-state index contributed by atoms with van der Waals surface area (Å²) in [5.41, 5.74) is 4.07. The van der Waals surface area contributed by atoms with E-state index in [0.717, 1.165) is 22.3 Å². The second-order valence-corrected chi connectivity index (χ2v) is 4.43. The molecule has 0 aliphatic rings. The summed E-state index contributed by atoms with van der Waals surface area (Å²) >= 11 is 0. The monoisotopic (exact) mass is 280 g/mol. The highest BCUT2D eigenvalue weighted by Crippen LogP contribution is 2.38. The summed E-state index contributed by atoms with van der Waals surface area (Å²) in [6.45, 7) is 0. The van der Waals surface area contributed by atoms with Gasteiger partial charge in [0.15, 0.2) is 0 Å². The average Bonchev–Trinajstić information content (AvgIpc) is 2.49. The quantitative estimate of drug-likeness (QED) is 0.712. The maximum Gasteiger partial charge on any atom is 0.124 e. The van der Waals surface area contributed by atoms with E-state index in [9.17, 15) is 5.11 Å². The minimum absolute atomic E-state index is 0. The van der Waals surface area contributed by atoms with E-state index >= 15 is 0 Å². The lowest BCUT2D eigenvalue weighted by molar-refractivity contribution is 0.477. The first-order valence-corrected chi connectivity index (χ1v) is 6.29. The van der Waals surface area contributed by atoms with Crippen LogP contribution in [0, 0.1) is 0 Å². The van der Waals surface area contributed by atoms with E-state index in [0.29, 0.717) is 5.75 Å². The van der Waals surface area contributed by atoms with Gasteiger partial charge in [-0.05, 0) is 22.8 Å². The van der Waals surface area contributed by atoms with E-state index in [-0.39, 0.29) is 13.5 Å². The van der Waals surface area contributed by atoms with Crippen LogP contribution in [0.5, 0.6) is 5.75 Å². The van der Waals surface area contributed by atoms with Crippen LogP contribution in [0.2, 0.25) is 0 Å². The molecule has 1 N–H and O–H groups in total. The predicted octanol–water partition coefficient (Wildman–Crippen LogP) is 4.84. The van der Waals surface area contributed by atoms with Crippen LogP contribution < -0.4 is 0 Å². The van der Waals surface area contributed by atoms with Gasteiger partial charge in [0.05, 0.1) is 0 Å². The Kier molecular flexibility index (Phi) is 4.49. The van der Waals surface area contributed by atoms with Crippen LogP contribution in [0.25, 0.3) is 22.3 Å². The number of phenols is 1. The van der Waals surface area contributed by atoms with Crippen molar-refractivity contribution in [2.24, 2.45) is 0 Å². The Morgan fingerprint density at radius 2 is 1.10 bits per heavy atom. The third-order valence-corrected chi connectivity index (χ3v) is 3.19. The number of hydrogen-bond donors (Lipinski definition) is 1. The Bertz CT molecular complexity index is 678. The largest absolute Gasteiger partial charge is 0.507 e. The SMILES string of the molecule is Oc1cccc(-c2ccccc2)c1-c1ccccc1.S. The van der Waals surface area contributed by atoms with Gasteiger partial charge in [-0.2, -0.15) is 13.5 Å². The second-order valence-electron chi connectivity index (χ2n) is 4.43. The van der Waals surface area contributed by atoms with E-state index in [2.05, 4.69) is 12.1 Å². The summed E-state index contributed by atoms with van der Waals surface area (Å²) in [6.07, 6.45) is 0. The molecular formula is C18H16OS. The Hall–Kier alpha value is -2.19. The van der Waals surface area contributed by atoms with E-state index in [1.165, 1.54) is 0 Å². The van der Waals surface area contributed by atoms with Crippen LogP contribution >= 0.6 is 13.5 Å². The van der Waals surface area contributed by atoms with Gasteiger partial charge in [0.2, 0.25) is 0 Å². The minimum atomic E-state index is 0. The molecule has 1 nitrogen and oxygen atoms in total. The van der Waals surface area contributed by atoms with Crippen molar-refractivity contribution in [3.05, 3.63) is 78.9 Å². The molecule has 0 unspecified atom stereocenters. The van der Waals surface area contributed by atoms with Gasteiger partial charge >= 0.3 is 0 Å². The summed E-state index contributed by atoms with van der Waals surface area (Å²) in [4.78, 5) is 0. The van der Waals surface area contributed by atoms with Crippen molar-refractivity contribution in [2.45, 2.75) is 0 Å². The molecule has 0 heterocycles. The molecule has 0 amide bonds. The highest BCUT2D eigenvalue weighted by molar-refractivity contribution is 7.59. The first-order chi connectivity index (χ1) is 9.36. The van der Waals surface area contributed by atoms with Gasteiger partial charge < -0.3 is 5.11 Å². The molecule has 0 aliphatic carbocycles. The molecule has 20 heavy (non-hydrogen) atoms. The first-order valence-electron chi connectivity index (χ1n) is 6.29. The van der Waals surface area contributed by atoms with Crippen LogP contribution in [-0.4, -0.2) is 5.11 Å². The van der Waals surface area contributed by atoms with Gasteiger partial charge in [-0.25, -0.2) is 0 Å². The van der Waals surface area contributed by atoms with E-state index in [1.807, 2.05) is 60.7 Å². The fourth-order valence-corrected chi connectivity index (χ4v) is 2.31. The Morgan fingerprint density at radius 3 is 1.70 bits per heavy atom. The van der Waals surface area contributed by atoms with Crippen molar-refractivity contribution >= 4 is 13.5 Å². The number of aromatic hydroxyl groups is 1. The Balaban J connectivity index is 0.00000147. The summed E-state index contributed by atoms with van der Waals surface area (Å²) in [5, 5.41) is 10.2. The van der Waals surface area contributed by atoms with Crippen LogP contribution in [0.4, 0.5) is 0 Å². The molecule has 0 fully saturated rings. The van der Waals surface area contributed by atoms with Crippen molar-refractivity contribution in [1.29, 1.82) is 0 Å². The third-order valence-electron chi connectivity index (χ3n) is 3.19. The maximum atomic E-state index is 10.2. The van der Waals surface area contributed by atoms with Crippen molar-refractivity contribution < 1.29 is 5.11 Å². The Morgan fingerprint density at radius 1 is 0.550 bits per heavy atom. The maximum absolute atomic E-state index is 10.2. The zero-order chi connectivity index (χ0) is 13.1. The molecule has 2 heteroatoms. The van der Waals surface area contributed by atoms with Crippen molar-refractivity contribution in [1.82, 2.24) is 0 Å². The molecule has 3 aromatic carbocycles. The molecule has 3 rings (SSSR count). The summed E-state index contributed by atoms with van der Waals surface area (Å²) in [7, 11) is 0. The summed E-state index contributed by atoms with van der Waals surface area (Å²) < 4.78 is 0. The lowest BCUT2D eigenvalue weighted by Gasteiger charge is -2.12. The van der Waals surface area contributed by atoms with Crippen LogP contribution in [0.1, 0.15) is 0 Å². The van der Waals surface area contributed by atoms with Crippen molar-refractivity contribution in [2.75, 3.05) is 0 Å². The molecule has 3 aromatic rings. The van der Waals surface area contributed by atoms with Crippen LogP contribution in [-0.2, 0) is 0 Å². The lowest BCUT2D eigenvalue weighted by Crippen LogP contribution is -1.85. The molecule has 0 saturated heterocycles. The van der Waals surface area contributed by atoms with Gasteiger partial charge in [0.1, 0.15) is 5.75 Å². The van der Waals surface area contributed by atoms with Gasteiger partial charge in [-0.15, -0.1) is 0 Å². The van der Waals surface area contributed by atoms with E-state index in [4.69, 9.17) is 0 Å². The van der Waals surface area contributed by atoms with Gasteiger partial charge in [0, 0.05) is 5.56 Å². The smallest absolute Gasteiger partial charge is 0.124 e. The number of hydrogen-bond acceptors (Lipinski definition) is 1. The fraction of sp³-hybridized carbons (Fsp3) is 0. The molecule has 0 aromatic heterocycles. The predicted molar refractivity (Wildman–Crippen MR) is 89.4 cm³/mol. The fourth-order valence-electron chi connectivity index (χ4n) is 2.31. The van der Waals surface area contributed by atoms with E-state index < -0.39 is 0 Å². The normalized spacial score (nSPS) is 9.80. The Labute approximate surface area is 126 Å². The molecule has 0 saturated carbocycles. The van der Waals surface area contributed by atoms with Crippen molar-refractivity contribution in [3.8, 4) is 28.0 Å². The van der Waals surface area contributed by atoms with Crippen molar-refractivity contribution in [3.63, 3.8) is 0 Å². The van der Waals surface area contributed by atoms with Gasteiger partial charge in [-0.1, -0.05) is 72.8 Å². The molecule has 0 aliphatic heterocycles.